The van der Waals surface area contributed by atoms with Crippen molar-refractivity contribution < 1.29 is 0 Å². The van der Waals surface area contributed by atoms with Gasteiger partial charge in [-0.3, -0.25) is 0 Å². The van der Waals surface area contributed by atoms with Gasteiger partial charge in [0.1, 0.15) is 0 Å². The third-order valence-corrected chi connectivity index (χ3v) is 23.2. The Hall–Kier alpha value is -4.01. The third kappa shape index (κ3) is 6.27. The third-order valence-electron chi connectivity index (χ3n) is 22.8. The lowest BCUT2D eigenvalue weighted by molar-refractivity contribution is 0.165. The van der Waals surface area contributed by atoms with Crippen LogP contribution in [-0.4, -0.2) is 0 Å². The molecule has 8 fully saturated rings. The molecule has 16 aliphatic rings. The van der Waals surface area contributed by atoms with E-state index >= 15 is 0 Å². The first-order valence-electron chi connectivity index (χ1n) is 28.9. The molecule has 0 spiro atoms. The Morgan fingerprint density at radius 3 is 0.710 bits per heavy atom. The highest BCUT2D eigenvalue weighted by Crippen LogP contribution is 2.62. The van der Waals surface area contributed by atoms with Crippen LogP contribution < -0.4 is 9.80 Å². The van der Waals surface area contributed by atoms with Crippen molar-refractivity contribution in [2.45, 2.75) is 176 Å². The van der Waals surface area contributed by atoms with Gasteiger partial charge >= 0.3 is 0 Å². The van der Waals surface area contributed by atoms with Crippen molar-refractivity contribution in [3.05, 3.63) is 141 Å². The quantitative estimate of drug-likeness (QED) is 0.167. The van der Waals surface area contributed by atoms with E-state index in [1.165, 1.54) is 151 Å². The summed E-state index contributed by atoms with van der Waals surface area (Å²) in [5.41, 5.74) is 20.8. The Morgan fingerprint density at radius 1 is 0.261 bits per heavy atom. The van der Waals surface area contributed by atoms with Crippen LogP contribution in [-0.2, 0) is 0 Å². The van der Waals surface area contributed by atoms with Crippen LogP contribution in [0.25, 0.3) is 0 Å². The summed E-state index contributed by atoms with van der Waals surface area (Å²) in [6, 6.07) is 38.2. The average molecular weight is 928 g/mol. The summed E-state index contributed by atoms with van der Waals surface area (Å²) in [7, 11) is 0. The molecular formula is C66H71ClN2. The number of rotatable bonds is 6. The topological polar surface area (TPSA) is 6.48 Å². The second kappa shape index (κ2) is 15.0. The molecule has 3 heteroatoms. The molecule has 16 aliphatic carbocycles. The highest BCUT2D eigenvalue weighted by atomic mass is 35.5. The van der Waals surface area contributed by atoms with Crippen LogP contribution in [0.3, 0.4) is 0 Å². The van der Waals surface area contributed by atoms with Crippen molar-refractivity contribution in [1.82, 2.24) is 0 Å². The molecule has 5 aromatic rings. The van der Waals surface area contributed by atoms with Crippen molar-refractivity contribution in [2.24, 2.45) is 47.3 Å². The summed E-state index contributed by atoms with van der Waals surface area (Å²) in [4.78, 5) is 5.27. The zero-order valence-electron chi connectivity index (χ0n) is 40.8. The van der Waals surface area contributed by atoms with Crippen LogP contribution in [0.5, 0.6) is 0 Å². The van der Waals surface area contributed by atoms with Gasteiger partial charge in [-0.1, -0.05) is 41.9 Å². The van der Waals surface area contributed by atoms with Crippen LogP contribution in [0.1, 0.15) is 220 Å². The Labute approximate surface area is 417 Å². The predicted molar refractivity (Wildman–Crippen MR) is 283 cm³/mol. The normalized spacial score (nSPS) is 38.2. The van der Waals surface area contributed by atoms with Gasteiger partial charge in [-0.2, -0.15) is 0 Å². The lowest BCUT2D eigenvalue weighted by Gasteiger charge is -2.38. The lowest BCUT2D eigenvalue weighted by atomic mass is 9.67. The van der Waals surface area contributed by atoms with Gasteiger partial charge in [-0.05, 0) is 328 Å². The SMILES string of the molecule is Clc1c(N(c2ccc3c(c2)C2CC4CC(CC3C4)C2)c2ccc3c(c2)C2CC4CC(CC3C4)C2)cccc1N(c1ccc2c(c1)C1CC3CC(CC2C3)C1)c1ccc2c(c1)C1CC3CC(CC2C3)C1. The number of halogens is 1. The van der Waals surface area contributed by atoms with Crippen molar-refractivity contribution in [2.75, 3.05) is 9.80 Å². The minimum absolute atomic E-state index is 0.686. The Kier molecular flexibility index (Phi) is 8.83. The summed E-state index contributed by atoms with van der Waals surface area (Å²) in [6.07, 6.45) is 28.1. The van der Waals surface area contributed by atoms with E-state index in [0.717, 1.165) is 87.4 Å². The van der Waals surface area contributed by atoms with Gasteiger partial charge in [-0.25, -0.2) is 0 Å². The fourth-order valence-corrected chi connectivity index (χ4v) is 21.1. The summed E-state index contributed by atoms with van der Waals surface area (Å²) in [5.74, 6) is 12.9. The molecule has 0 N–H and O–H groups in total. The molecule has 8 saturated carbocycles. The number of benzene rings is 5. The van der Waals surface area contributed by atoms with E-state index in [9.17, 15) is 0 Å². The van der Waals surface area contributed by atoms with Gasteiger partial charge < -0.3 is 9.80 Å². The van der Waals surface area contributed by atoms with Gasteiger partial charge in [0.25, 0.3) is 0 Å². The van der Waals surface area contributed by atoms with E-state index in [1.807, 2.05) is 0 Å². The van der Waals surface area contributed by atoms with Crippen LogP contribution in [0.2, 0.25) is 5.02 Å². The smallest absolute Gasteiger partial charge is 0.0887 e. The Bertz CT molecular complexity index is 2530. The Balaban J connectivity index is 0.849. The zero-order valence-corrected chi connectivity index (χ0v) is 41.6. The minimum Gasteiger partial charge on any atom is -0.309 e. The second-order valence-electron chi connectivity index (χ2n) is 26.8. The van der Waals surface area contributed by atoms with Crippen molar-refractivity contribution in [3.63, 3.8) is 0 Å². The molecule has 0 amide bonds. The fraction of sp³-hybridized carbons (Fsp3) is 0.545. The molecule has 8 atom stereocenters. The van der Waals surface area contributed by atoms with Gasteiger partial charge in [0.2, 0.25) is 0 Å². The van der Waals surface area contributed by atoms with Crippen molar-refractivity contribution in [3.8, 4) is 0 Å². The molecule has 69 heavy (non-hydrogen) atoms. The first-order valence-corrected chi connectivity index (χ1v) is 29.2. The molecular weight excluding hydrogens is 856 g/mol. The zero-order chi connectivity index (χ0) is 44.8. The first kappa shape index (κ1) is 40.6. The first-order chi connectivity index (χ1) is 33.9. The predicted octanol–water partition coefficient (Wildman–Crippen LogP) is 18.8. The molecule has 0 radical (unpaired) electrons. The van der Waals surface area contributed by atoms with Crippen LogP contribution in [0.15, 0.2) is 91.0 Å². The molecule has 0 aliphatic heterocycles. The fourth-order valence-electron chi connectivity index (χ4n) is 20.8. The average Bonchev–Trinajstić information content (AvgIpc) is 3.79. The number of nitrogens with zero attached hydrogens (tertiary/aromatic N) is 2. The highest BCUT2D eigenvalue weighted by molar-refractivity contribution is 6.36. The summed E-state index contributed by atoms with van der Waals surface area (Å²) >= 11 is 8.35. The molecule has 8 unspecified atom stereocenters. The molecule has 0 heterocycles. The van der Waals surface area contributed by atoms with Gasteiger partial charge in [-0.15, -0.1) is 0 Å². The molecule has 352 valence electrons. The molecule has 0 saturated heterocycles. The minimum atomic E-state index is 0.686. The largest absolute Gasteiger partial charge is 0.309 e. The standard InChI is InChI=1S/C66H71ClN2/c67-66-64(68(52-4-8-56-44-16-36-12-37(17-44)25-48(24-36)60(56)32-52)53-5-9-57-45-18-38-13-39(19-45)27-49(26-38)61(57)33-53)2-1-3-65(66)69(54-6-10-58-46-20-40-14-41(21-46)29-50(28-40)62(58)34-54)55-7-11-59-47-22-42-15-43(23-47)31-51(30-42)63(59)35-55/h1-11,32-51H,12-31H2. The monoisotopic (exact) mass is 927 g/mol. The lowest BCUT2D eigenvalue weighted by Crippen LogP contribution is -2.25. The number of hydrogen-bond donors (Lipinski definition) is 0. The number of hydrogen-bond acceptors (Lipinski definition) is 2. The van der Waals surface area contributed by atoms with E-state index < -0.39 is 0 Å². The highest BCUT2D eigenvalue weighted by Gasteiger charge is 2.47. The van der Waals surface area contributed by atoms with Crippen LogP contribution in [0, 0.1) is 47.3 Å². The van der Waals surface area contributed by atoms with Crippen molar-refractivity contribution in [1.29, 1.82) is 0 Å². The molecule has 16 bridgehead atoms. The summed E-state index contributed by atoms with van der Waals surface area (Å²) in [5, 5.41) is 0.868. The summed E-state index contributed by atoms with van der Waals surface area (Å²) in [6.45, 7) is 0. The maximum atomic E-state index is 8.35. The van der Waals surface area contributed by atoms with Gasteiger partial charge in [0.05, 0.1) is 16.4 Å². The van der Waals surface area contributed by atoms with E-state index in [1.54, 1.807) is 44.5 Å². The number of anilines is 6. The maximum absolute atomic E-state index is 8.35. The molecule has 2 nitrogen and oxygen atoms in total. The Morgan fingerprint density at radius 2 is 0.478 bits per heavy atom. The van der Waals surface area contributed by atoms with E-state index in [2.05, 4.69) is 101 Å². The van der Waals surface area contributed by atoms with Crippen LogP contribution in [0.4, 0.5) is 34.1 Å². The van der Waals surface area contributed by atoms with E-state index in [0.29, 0.717) is 23.7 Å². The maximum Gasteiger partial charge on any atom is 0.0887 e. The van der Waals surface area contributed by atoms with Crippen molar-refractivity contribution >= 4 is 45.7 Å². The van der Waals surface area contributed by atoms with Gasteiger partial charge in [0.15, 0.2) is 0 Å². The summed E-state index contributed by atoms with van der Waals surface area (Å²) < 4.78 is 0. The van der Waals surface area contributed by atoms with E-state index in [4.69, 9.17) is 11.6 Å². The molecule has 0 aromatic heterocycles. The second-order valence-corrected chi connectivity index (χ2v) is 27.1. The van der Waals surface area contributed by atoms with Gasteiger partial charge in [0, 0.05) is 22.7 Å². The molecule has 21 rings (SSSR count). The molecule has 5 aromatic carbocycles. The van der Waals surface area contributed by atoms with Crippen LogP contribution >= 0.6 is 11.6 Å². The van der Waals surface area contributed by atoms with E-state index in [-0.39, 0.29) is 0 Å².